The van der Waals surface area contributed by atoms with Gasteiger partial charge in [-0.15, -0.1) is 0 Å². The van der Waals surface area contributed by atoms with Crippen molar-refractivity contribution in [2.75, 3.05) is 63.1 Å². The smallest absolute Gasteiger partial charge is 0.243 e. The second-order valence-electron chi connectivity index (χ2n) is 9.49. The minimum absolute atomic E-state index is 0.0752. The van der Waals surface area contributed by atoms with E-state index in [1.807, 2.05) is 50.2 Å². The van der Waals surface area contributed by atoms with Gasteiger partial charge in [-0.3, -0.25) is 19.3 Å². The highest BCUT2D eigenvalue weighted by atomic mass is 16.5. The highest BCUT2D eigenvalue weighted by molar-refractivity contribution is 5.97. The summed E-state index contributed by atoms with van der Waals surface area (Å²) in [6.45, 7) is 8.02. The molecule has 0 spiro atoms. The molecule has 9 nitrogen and oxygen atoms in total. The first-order chi connectivity index (χ1) is 17.3. The number of benzene rings is 2. The van der Waals surface area contributed by atoms with Crippen molar-refractivity contribution >= 4 is 29.1 Å². The zero-order valence-electron chi connectivity index (χ0n) is 21.3. The van der Waals surface area contributed by atoms with E-state index in [2.05, 4.69) is 26.5 Å². The van der Waals surface area contributed by atoms with Gasteiger partial charge in [0.15, 0.2) is 0 Å². The molecule has 2 aliphatic rings. The van der Waals surface area contributed by atoms with Crippen molar-refractivity contribution in [1.29, 1.82) is 0 Å². The Hall–Kier alpha value is -3.59. The van der Waals surface area contributed by atoms with Crippen LogP contribution in [0.2, 0.25) is 0 Å². The molecule has 0 bridgehead atoms. The first-order valence-corrected chi connectivity index (χ1v) is 12.4. The van der Waals surface area contributed by atoms with Crippen LogP contribution in [0, 0.1) is 13.8 Å². The molecule has 0 unspecified atom stereocenters. The Morgan fingerprint density at radius 2 is 1.75 bits per heavy atom. The number of rotatable bonds is 7. The van der Waals surface area contributed by atoms with Crippen LogP contribution in [0.1, 0.15) is 17.5 Å². The molecular weight excluding hydrogens is 458 g/mol. The summed E-state index contributed by atoms with van der Waals surface area (Å²) < 4.78 is 5.33. The summed E-state index contributed by atoms with van der Waals surface area (Å²) in [6, 6.07) is 13.0. The Bertz CT molecular complexity index is 1090. The van der Waals surface area contributed by atoms with E-state index in [4.69, 9.17) is 4.74 Å². The number of ether oxygens (including phenoxy) is 1. The number of hydrogen-bond acceptors (Lipinski definition) is 6. The summed E-state index contributed by atoms with van der Waals surface area (Å²) >= 11 is 0. The zero-order chi connectivity index (χ0) is 25.7. The molecule has 9 heteroatoms. The minimum atomic E-state index is -0.810. The molecule has 1 atom stereocenters. The summed E-state index contributed by atoms with van der Waals surface area (Å²) in [5, 5.41) is 5.68. The molecule has 2 N–H and O–H groups in total. The van der Waals surface area contributed by atoms with E-state index in [1.165, 1.54) is 0 Å². The second-order valence-corrected chi connectivity index (χ2v) is 9.49. The van der Waals surface area contributed by atoms with Crippen LogP contribution in [-0.2, 0) is 14.4 Å². The van der Waals surface area contributed by atoms with E-state index in [1.54, 1.807) is 12.0 Å². The maximum absolute atomic E-state index is 13.2. The number of carbonyl (C=O) groups excluding carboxylic acids is 3. The lowest BCUT2D eigenvalue weighted by molar-refractivity contribution is -0.145. The molecule has 2 aromatic rings. The first kappa shape index (κ1) is 25.5. The molecule has 2 aromatic carbocycles. The Kier molecular flexibility index (Phi) is 8.10. The lowest BCUT2D eigenvalue weighted by atomic mass is 10.1. The lowest BCUT2D eigenvalue weighted by Gasteiger charge is -2.39. The molecule has 0 aliphatic carbocycles. The van der Waals surface area contributed by atoms with Gasteiger partial charge in [0.2, 0.25) is 17.7 Å². The summed E-state index contributed by atoms with van der Waals surface area (Å²) in [5.41, 5.74) is 3.89. The topological polar surface area (TPSA) is 94.2 Å². The van der Waals surface area contributed by atoms with Gasteiger partial charge >= 0.3 is 0 Å². The largest absolute Gasteiger partial charge is 0.497 e. The quantitative estimate of drug-likeness (QED) is 0.611. The molecule has 0 saturated carbocycles. The van der Waals surface area contributed by atoms with Crippen LogP contribution >= 0.6 is 0 Å². The predicted octanol–water partition coefficient (Wildman–Crippen LogP) is 1.79. The Morgan fingerprint density at radius 1 is 1.03 bits per heavy atom. The fraction of sp³-hybridized carbons (Fsp3) is 0.444. The summed E-state index contributed by atoms with van der Waals surface area (Å²) in [7, 11) is 1.66. The Labute approximate surface area is 212 Å². The molecule has 2 saturated heterocycles. The molecule has 2 heterocycles. The molecule has 192 valence electrons. The molecule has 4 rings (SSSR count). The van der Waals surface area contributed by atoms with Gasteiger partial charge < -0.3 is 25.2 Å². The van der Waals surface area contributed by atoms with Crippen LogP contribution in [-0.4, -0.2) is 86.5 Å². The molecule has 36 heavy (non-hydrogen) atoms. The summed E-state index contributed by atoms with van der Waals surface area (Å²) in [5.74, 6) is 0.129. The van der Waals surface area contributed by atoms with Crippen LogP contribution in [0.5, 0.6) is 5.75 Å². The van der Waals surface area contributed by atoms with Crippen molar-refractivity contribution in [1.82, 2.24) is 15.1 Å². The van der Waals surface area contributed by atoms with E-state index in [9.17, 15) is 14.4 Å². The van der Waals surface area contributed by atoms with Crippen molar-refractivity contribution in [3.8, 4) is 5.75 Å². The normalized spacial score (nSPS) is 18.5. The molecular formula is C27H35N5O4. The average Bonchev–Trinajstić information content (AvgIpc) is 2.85. The number of aryl methyl sites for hydroxylation is 2. The van der Waals surface area contributed by atoms with Crippen LogP contribution in [0.15, 0.2) is 42.5 Å². The van der Waals surface area contributed by atoms with Crippen molar-refractivity contribution in [3.63, 3.8) is 0 Å². The van der Waals surface area contributed by atoms with Crippen molar-refractivity contribution in [2.45, 2.75) is 26.3 Å². The number of nitrogens with zero attached hydrogens (tertiary/aromatic N) is 3. The number of nitrogens with one attached hydrogen (secondary N) is 2. The predicted molar refractivity (Wildman–Crippen MR) is 139 cm³/mol. The standard InChI is InChI=1S/C27H35N5O4/c1-19-13-20(2)15-21(14-19)29-25(33)17-24-27(35)28-7-8-32(24)26(34)18-30-9-11-31(12-10-30)22-5-4-6-23(16-22)36-3/h4-6,13-16,24H,7-12,17-18H2,1-3H3,(H,28,35)(H,29,33)/t24-/m0/s1. The number of hydrogen-bond donors (Lipinski definition) is 2. The van der Waals surface area contributed by atoms with E-state index in [0.29, 0.717) is 18.8 Å². The number of methoxy groups -OCH3 is 1. The third kappa shape index (κ3) is 6.34. The molecule has 2 fully saturated rings. The monoisotopic (exact) mass is 493 g/mol. The van der Waals surface area contributed by atoms with Crippen molar-refractivity contribution < 1.29 is 19.1 Å². The van der Waals surface area contributed by atoms with Crippen LogP contribution in [0.3, 0.4) is 0 Å². The van der Waals surface area contributed by atoms with Crippen molar-refractivity contribution in [3.05, 3.63) is 53.6 Å². The molecule has 0 aromatic heterocycles. The zero-order valence-corrected chi connectivity index (χ0v) is 21.3. The minimum Gasteiger partial charge on any atom is -0.497 e. The Balaban J connectivity index is 1.33. The fourth-order valence-electron chi connectivity index (χ4n) is 4.90. The number of amides is 3. The van der Waals surface area contributed by atoms with Gasteiger partial charge in [-0.25, -0.2) is 0 Å². The van der Waals surface area contributed by atoms with Crippen LogP contribution < -0.4 is 20.3 Å². The molecule has 2 aliphatic heterocycles. The van der Waals surface area contributed by atoms with Crippen LogP contribution in [0.25, 0.3) is 0 Å². The maximum atomic E-state index is 13.2. The van der Waals surface area contributed by atoms with Gasteiger partial charge in [0.1, 0.15) is 11.8 Å². The highest BCUT2D eigenvalue weighted by Crippen LogP contribution is 2.22. The van der Waals surface area contributed by atoms with Gasteiger partial charge in [0, 0.05) is 56.7 Å². The van der Waals surface area contributed by atoms with Gasteiger partial charge in [0.05, 0.1) is 20.1 Å². The number of carbonyl (C=O) groups is 3. The second kappa shape index (κ2) is 11.4. The first-order valence-electron chi connectivity index (χ1n) is 12.4. The Morgan fingerprint density at radius 3 is 2.44 bits per heavy atom. The van der Waals surface area contributed by atoms with Crippen LogP contribution in [0.4, 0.5) is 11.4 Å². The van der Waals surface area contributed by atoms with Crippen molar-refractivity contribution in [2.24, 2.45) is 0 Å². The van der Waals surface area contributed by atoms with Gasteiger partial charge in [0.25, 0.3) is 0 Å². The third-order valence-electron chi connectivity index (χ3n) is 6.68. The maximum Gasteiger partial charge on any atom is 0.243 e. The van der Waals surface area contributed by atoms with Gasteiger partial charge in [-0.2, -0.15) is 0 Å². The highest BCUT2D eigenvalue weighted by Gasteiger charge is 2.35. The third-order valence-corrected chi connectivity index (χ3v) is 6.68. The molecule has 0 radical (unpaired) electrons. The summed E-state index contributed by atoms with van der Waals surface area (Å²) in [4.78, 5) is 44.6. The number of piperazine rings is 2. The van der Waals surface area contributed by atoms with Gasteiger partial charge in [-0.1, -0.05) is 12.1 Å². The van der Waals surface area contributed by atoms with E-state index in [-0.39, 0.29) is 30.7 Å². The average molecular weight is 494 g/mol. The molecule has 3 amide bonds. The van der Waals surface area contributed by atoms with E-state index < -0.39 is 6.04 Å². The summed E-state index contributed by atoms with van der Waals surface area (Å²) in [6.07, 6.45) is -0.0752. The van der Waals surface area contributed by atoms with E-state index in [0.717, 1.165) is 48.7 Å². The van der Waals surface area contributed by atoms with E-state index >= 15 is 0 Å². The lowest BCUT2D eigenvalue weighted by Crippen LogP contribution is -2.60. The van der Waals surface area contributed by atoms with Gasteiger partial charge in [-0.05, 0) is 49.2 Å². The number of anilines is 2. The fourth-order valence-corrected chi connectivity index (χ4v) is 4.90. The SMILES string of the molecule is COc1cccc(N2CCN(CC(=O)N3CCNC(=O)[C@@H]3CC(=O)Nc3cc(C)cc(C)c3)CC2)c1.